The first kappa shape index (κ1) is 15.2. The number of hydrogen-bond acceptors (Lipinski definition) is 4. The SMILES string of the molecule is Cn1c(CCCNC(=O)OCc2ccccc2)n[nH]c1=S. The van der Waals surface area contributed by atoms with Gasteiger partial charge in [0.2, 0.25) is 0 Å². The summed E-state index contributed by atoms with van der Waals surface area (Å²) in [5.41, 5.74) is 0.967. The van der Waals surface area contributed by atoms with Gasteiger partial charge in [-0.2, -0.15) is 5.10 Å². The average Bonchev–Trinajstić information content (AvgIpc) is 2.82. The lowest BCUT2D eigenvalue weighted by Crippen LogP contribution is -2.25. The van der Waals surface area contributed by atoms with Crippen LogP contribution in [-0.4, -0.2) is 27.4 Å². The molecule has 0 saturated heterocycles. The second kappa shape index (κ2) is 7.58. The van der Waals surface area contributed by atoms with Crippen LogP contribution in [-0.2, 0) is 24.8 Å². The number of benzene rings is 1. The van der Waals surface area contributed by atoms with Crippen LogP contribution in [0.2, 0.25) is 0 Å². The van der Waals surface area contributed by atoms with Crippen molar-refractivity contribution in [1.29, 1.82) is 0 Å². The topological polar surface area (TPSA) is 71.9 Å². The van der Waals surface area contributed by atoms with Crippen LogP contribution in [0.5, 0.6) is 0 Å². The predicted molar refractivity (Wildman–Crippen MR) is 81.3 cm³/mol. The maximum Gasteiger partial charge on any atom is 0.407 e. The van der Waals surface area contributed by atoms with Crippen LogP contribution in [0.3, 0.4) is 0 Å². The molecule has 1 aromatic heterocycles. The molecule has 0 saturated carbocycles. The van der Waals surface area contributed by atoms with Crippen LogP contribution >= 0.6 is 12.2 Å². The van der Waals surface area contributed by atoms with Crippen LogP contribution in [0.1, 0.15) is 17.8 Å². The lowest BCUT2D eigenvalue weighted by Gasteiger charge is -2.07. The van der Waals surface area contributed by atoms with Gasteiger partial charge in [-0.3, -0.25) is 5.10 Å². The van der Waals surface area contributed by atoms with E-state index in [2.05, 4.69) is 15.5 Å². The summed E-state index contributed by atoms with van der Waals surface area (Å²) in [7, 11) is 1.86. The minimum absolute atomic E-state index is 0.278. The number of hydrogen-bond donors (Lipinski definition) is 2. The van der Waals surface area contributed by atoms with Gasteiger partial charge in [-0.15, -0.1) is 0 Å². The van der Waals surface area contributed by atoms with Crippen LogP contribution < -0.4 is 5.32 Å². The van der Waals surface area contributed by atoms with Gasteiger partial charge in [0.1, 0.15) is 12.4 Å². The third-order valence-corrected chi connectivity index (χ3v) is 3.40. The summed E-state index contributed by atoms with van der Waals surface area (Å²) in [5, 5.41) is 9.55. The van der Waals surface area contributed by atoms with Crippen molar-refractivity contribution < 1.29 is 9.53 Å². The summed E-state index contributed by atoms with van der Waals surface area (Å²) in [6.07, 6.45) is 1.10. The van der Waals surface area contributed by atoms with E-state index in [4.69, 9.17) is 17.0 Å². The number of aryl methyl sites for hydroxylation is 1. The summed E-state index contributed by atoms with van der Waals surface area (Å²) in [4.78, 5) is 11.5. The van der Waals surface area contributed by atoms with Gasteiger partial charge in [0.05, 0.1) is 0 Å². The quantitative estimate of drug-likeness (QED) is 0.635. The molecule has 0 aliphatic carbocycles. The Labute approximate surface area is 128 Å². The Morgan fingerprint density at radius 1 is 1.43 bits per heavy atom. The molecular weight excluding hydrogens is 288 g/mol. The van der Waals surface area contributed by atoms with Crippen molar-refractivity contribution in [1.82, 2.24) is 20.1 Å². The van der Waals surface area contributed by atoms with Gasteiger partial charge in [-0.25, -0.2) is 4.79 Å². The molecule has 0 aliphatic heterocycles. The highest BCUT2D eigenvalue weighted by Gasteiger charge is 2.04. The fraction of sp³-hybridized carbons (Fsp3) is 0.357. The lowest BCUT2D eigenvalue weighted by molar-refractivity contribution is 0.139. The Morgan fingerprint density at radius 3 is 2.86 bits per heavy atom. The molecule has 0 spiro atoms. The molecule has 1 aromatic carbocycles. The highest BCUT2D eigenvalue weighted by atomic mass is 32.1. The normalized spacial score (nSPS) is 10.3. The highest BCUT2D eigenvalue weighted by molar-refractivity contribution is 7.71. The Balaban J connectivity index is 1.63. The number of carbonyl (C=O) groups excluding carboxylic acids is 1. The minimum Gasteiger partial charge on any atom is -0.445 e. The number of ether oxygens (including phenoxy) is 1. The molecule has 2 aromatic rings. The van der Waals surface area contributed by atoms with E-state index in [1.165, 1.54) is 0 Å². The number of nitrogens with one attached hydrogen (secondary N) is 2. The molecule has 2 N–H and O–H groups in total. The fourth-order valence-electron chi connectivity index (χ4n) is 1.81. The Kier molecular flexibility index (Phi) is 5.51. The van der Waals surface area contributed by atoms with Gasteiger partial charge in [-0.1, -0.05) is 30.3 Å². The van der Waals surface area contributed by atoms with Gasteiger partial charge >= 0.3 is 6.09 Å². The molecule has 6 nitrogen and oxygen atoms in total. The minimum atomic E-state index is -0.408. The number of carbonyl (C=O) groups is 1. The van der Waals surface area contributed by atoms with Crippen molar-refractivity contribution in [3.8, 4) is 0 Å². The maximum absolute atomic E-state index is 11.5. The molecule has 21 heavy (non-hydrogen) atoms. The van der Waals surface area contributed by atoms with E-state index >= 15 is 0 Å². The number of nitrogens with zero attached hydrogens (tertiary/aromatic N) is 2. The van der Waals surface area contributed by atoms with Crippen molar-refractivity contribution in [2.24, 2.45) is 7.05 Å². The molecule has 7 heteroatoms. The van der Waals surface area contributed by atoms with E-state index in [0.717, 1.165) is 24.2 Å². The van der Waals surface area contributed by atoms with Gasteiger partial charge < -0.3 is 14.6 Å². The van der Waals surface area contributed by atoms with E-state index in [9.17, 15) is 4.79 Å². The van der Waals surface area contributed by atoms with Crippen molar-refractivity contribution in [2.75, 3.05) is 6.54 Å². The third-order valence-electron chi connectivity index (χ3n) is 3.03. The number of aromatic nitrogens is 3. The van der Waals surface area contributed by atoms with Crippen molar-refractivity contribution in [2.45, 2.75) is 19.4 Å². The summed E-state index contributed by atoms with van der Waals surface area (Å²) in [6.45, 7) is 0.813. The number of rotatable bonds is 6. The van der Waals surface area contributed by atoms with Crippen LogP contribution in [0, 0.1) is 4.77 Å². The standard InChI is InChI=1S/C14H18N4O2S/c1-18-12(16-17-13(18)21)8-5-9-15-14(19)20-10-11-6-3-2-4-7-11/h2-4,6-7H,5,8-10H2,1H3,(H,15,19)(H,17,21). The molecule has 0 radical (unpaired) electrons. The van der Waals surface area contributed by atoms with Gasteiger partial charge in [0.25, 0.3) is 0 Å². The zero-order valence-corrected chi connectivity index (χ0v) is 12.7. The zero-order chi connectivity index (χ0) is 15.1. The van der Waals surface area contributed by atoms with E-state index in [-0.39, 0.29) is 6.61 Å². The fourth-order valence-corrected chi connectivity index (χ4v) is 1.97. The largest absolute Gasteiger partial charge is 0.445 e. The average molecular weight is 306 g/mol. The number of H-pyrrole nitrogens is 1. The third kappa shape index (κ3) is 4.71. The van der Waals surface area contributed by atoms with Crippen LogP contribution in [0.4, 0.5) is 4.79 Å². The van der Waals surface area contributed by atoms with E-state index in [1.807, 2.05) is 41.9 Å². The Bertz CT molecular complexity index is 636. The van der Waals surface area contributed by atoms with E-state index < -0.39 is 6.09 Å². The second-order valence-corrected chi connectivity index (χ2v) is 4.98. The molecule has 0 aliphatic rings. The molecular formula is C14H18N4O2S. The molecule has 0 fully saturated rings. The Morgan fingerprint density at radius 2 is 2.19 bits per heavy atom. The van der Waals surface area contributed by atoms with E-state index in [0.29, 0.717) is 11.3 Å². The van der Waals surface area contributed by atoms with Gasteiger partial charge in [0.15, 0.2) is 4.77 Å². The van der Waals surface area contributed by atoms with Crippen molar-refractivity contribution >= 4 is 18.3 Å². The molecule has 0 atom stereocenters. The van der Waals surface area contributed by atoms with Crippen LogP contribution in [0.15, 0.2) is 30.3 Å². The lowest BCUT2D eigenvalue weighted by atomic mass is 10.2. The smallest absolute Gasteiger partial charge is 0.407 e. The first-order chi connectivity index (χ1) is 10.2. The first-order valence-corrected chi connectivity index (χ1v) is 7.12. The van der Waals surface area contributed by atoms with Crippen molar-refractivity contribution in [3.05, 3.63) is 46.5 Å². The molecule has 0 bridgehead atoms. The Hall–Kier alpha value is -2.15. The first-order valence-electron chi connectivity index (χ1n) is 6.71. The second-order valence-electron chi connectivity index (χ2n) is 4.60. The number of alkyl carbamates (subject to hydrolysis) is 1. The summed E-state index contributed by atoms with van der Waals surface area (Å²) >= 11 is 5.03. The zero-order valence-electron chi connectivity index (χ0n) is 11.8. The number of amides is 1. The summed E-state index contributed by atoms with van der Waals surface area (Å²) in [5.74, 6) is 0.874. The summed E-state index contributed by atoms with van der Waals surface area (Å²) in [6, 6.07) is 9.57. The van der Waals surface area contributed by atoms with Gasteiger partial charge in [0, 0.05) is 20.0 Å². The molecule has 1 heterocycles. The summed E-state index contributed by atoms with van der Waals surface area (Å²) < 4.78 is 7.53. The molecule has 1 amide bonds. The van der Waals surface area contributed by atoms with E-state index in [1.54, 1.807) is 0 Å². The number of aromatic amines is 1. The van der Waals surface area contributed by atoms with Gasteiger partial charge in [-0.05, 0) is 24.2 Å². The van der Waals surface area contributed by atoms with Crippen LogP contribution in [0.25, 0.3) is 0 Å². The monoisotopic (exact) mass is 306 g/mol. The molecule has 112 valence electrons. The maximum atomic E-state index is 11.5. The predicted octanol–water partition coefficient (Wildman–Crippen LogP) is 2.34. The molecule has 2 rings (SSSR count). The molecule has 0 unspecified atom stereocenters. The van der Waals surface area contributed by atoms with Crippen molar-refractivity contribution in [3.63, 3.8) is 0 Å². The highest BCUT2D eigenvalue weighted by Crippen LogP contribution is 2.01.